The van der Waals surface area contributed by atoms with Gasteiger partial charge in [-0.1, -0.05) is 6.42 Å². The Morgan fingerprint density at radius 1 is 1.38 bits per heavy atom. The highest BCUT2D eigenvalue weighted by atomic mass is 16.4. The molecule has 74 valence electrons. The van der Waals surface area contributed by atoms with Crippen molar-refractivity contribution in [3.8, 4) is 0 Å². The molecule has 0 aromatic rings. The van der Waals surface area contributed by atoms with E-state index in [2.05, 4.69) is 5.32 Å². The van der Waals surface area contributed by atoms with Gasteiger partial charge in [0, 0.05) is 12.0 Å². The number of amides is 2. The zero-order chi connectivity index (χ0) is 9.84. The van der Waals surface area contributed by atoms with Crippen molar-refractivity contribution in [1.82, 2.24) is 5.32 Å². The topological polar surface area (TPSA) is 92.4 Å². The summed E-state index contributed by atoms with van der Waals surface area (Å²) in [6.07, 6.45) is 1.96. The Bertz CT molecular complexity index is 217. The first-order valence-electron chi connectivity index (χ1n) is 4.38. The summed E-state index contributed by atoms with van der Waals surface area (Å²) < 4.78 is 0. The highest BCUT2D eigenvalue weighted by Crippen LogP contribution is 2.23. The lowest BCUT2D eigenvalue weighted by molar-refractivity contribution is -0.122. The van der Waals surface area contributed by atoms with Crippen LogP contribution in [-0.4, -0.2) is 23.1 Å². The summed E-state index contributed by atoms with van der Waals surface area (Å²) in [5, 5.41) is 10.8. The molecule has 0 heterocycles. The summed E-state index contributed by atoms with van der Waals surface area (Å²) >= 11 is 0. The van der Waals surface area contributed by atoms with Gasteiger partial charge in [0.1, 0.15) is 0 Å². The molecule has 1 rings (SSSR count). The average Bonchev–Trinajstić information content (AvgIpc) is 2.03. The van der Waals surface area contributed by atoms with Gasteiger partial charge in [-0.05, 0) is 19.3 Å². The molecule has 0 saturated heterocycles. The van der Waals surface area contributed by atoms with Crippen molar-refractivity contribution < 1.29 is 14.7 Å². The lowest BCUT2D eigenvalue weighted by Gasteiger charge is -2.26. The Morgan fingerprint density at radius 2 is 2.08 bits per heavy atom. The van der Waals surface area contributed by atoms with E-state index in [0.717, 1.165) is 19.3 Å². The van der Waals surface area contributed by atoms with Gasteiger partial charge in [-0.3, -0.25) is 4.79 Å². The number of hydrogen-bond acceptors (Lipinski definition) is 2. The van der Waals surface area contributed by atoms with Crippen molar-refractivity contribution in [3.05, 3.63) is 0 Å². The summed E-state index contributed by atoms with van der Waals surface area (Å²) in [5.74, 6) is -0.484. The molecule has 0 bridgehead atoms. The monoisotopic (exact) mass is 186 g/mol. The first kappa shape index (κ1) is 9.83. The van der Waals surface area contributed by atoms with Gasteiger partial charge in [-0.25, -0.2) is 4.79 Å². The average molecular weight is 186 g/mol. The molecule has 2 atom stereocenters. The number of carbonyl (C=O) groups excluding carboxylic acids is 1. The van der Waals surface area contributed by atoms with Crippen LogP contribution in [0.4, 0.5) is 4.79 Å². The fraction of sp³-hybridized carbons (Fsp3) is 0.750. The summed E-state index contributed by atoms with van der Waals surface area (Å²) in [5.41, 5.74) is 5.15. The molecule has 0 unspecified atom stereocenters. The molecule has 0 aromatic heterocycles. The first-order chi connectivity index (χ1) is 6.09. The molecule has 5 nitrogen and oxygen atoms in total. The molecule has 1 aliphatic carbocycles. The van der Waals surface area contributed by atoms with Crippen LogP contribution in [0, 0.1) is 5.92 Å². The van der Waals surface area contributed by atoms with Gasteiger partial charge < -0.3 is 16.2 Å². The zero-order valence-corrected chi connectivity index (χ0v) is 7.32. The van der Waals surface area contributed by atoms with Gasteiger partial charge in [-0.2, -0.15) is 0 Å². The van der Waals surface area contributed by atoms with Gasteiger partial charge in [-0.15, -0.1) is 0 Å². The van der Waals surface area contributed by atoms with Gasteiger partial charge in [0.25, 0.3) is 0 Å². The molecular weight excluding hydrogens is 172 g/mol. The molecule has 0 spiro atoms. The zero-order valence-electron chi connectivity index (χ0n) is 7.32. The van der Waals surface area contributed by atoms with Gasteiger partial charge in [0.2, 0.25) is 5.91 Å². The number of primary amides is 1. The highest BCUT2D eigenvalue weighted by molar-refractivity contribution is 5.76. The quantitative estimate of drug-likeness (QED) is 0.579. The second kappa shape index (κ2) is 4.11. The minimum absolute atomic E-state index is 0.108. The van der Waals surface area contributed by atoms with Crippen molar-refractivity contribution in [2.24, 2.45) is 11.7 Å². The van der Waals surface area contributed by atoms with Crippen molar-refractivity contribution in [2.45, 2.75) is 31.7 Å². The maximum Gasteiger partial charge on any atom is 0.404 e. The standard InChI is InChI=1S/C8H14N2O3/c9-7(11)5-2-1-3-6(4-5)10-8(12)13/h5-6,10H,1-4H2,(H2,9,11)(H,12,13)/t5-,6-/m1/s1. The number of hydrogen-bond donors (Lipinski definition) is 3. The molecular formula is C8H14N2O3. The van der Waals surface area contributed by atoms with Gasteiger partial charge in [0.15, 0.2) is 0 Å². The van der Waals surface area contributed by atoms with Crippen LogP contribution in [0.15, 0.2) is 0 Å². The van der Waals surface area contributed by atoms with E-state index < -0.39 is 6.09 Å². The summed E-state index contributed by atoms with van der Waals surface area (Å²) in [7, 11) is 0. The van der Waals surface area contributed by atoms with Crippen molar-refractivity contribution in [2.75, 3.05) is 0 Å². The number of carboxylic acid groups (broad SMARTS) is 1. The van der Waals surface area contributed by atoms with Crippen LogP contribution in [0.5, 0.6) is 0 Å². The fourth-order valence-corrected chi connectivity index (χ4v) is 1.75. The summed E-state index contributed by atoms with van der Waals surface area (Å²) in [4.78, 5) is 21.1. The van der Waals surface area contributed by atoms with E-state index in [0.29, 0.717) is 6.42 Å². The summed E-state index contributed by atoms with van der Waals surface area (Å²) in [6, 6.07) is -0.108. The third-order valence-corrected chi connectivity index (χ3v) is 2.40. The van der Waals surface area contributed by atoms with Crippen LogP contribution in [0.2, 0.25) is 0 Å². The van der Waals surface area contributed by atoms with Crippen LogP contribution in [0.1, 0.15) is 25.7 Å². The molecule has 4 N–H and O–H groups in total. The molecule has 2 amide bonds. The second-order valence-electron chi connectivity index (χ2n) is 3.41. The molecule has 1 fully saturated rings. The third-order valence-electron chi connectivity index (χ3n) is 2.40. The van der Waals surface area contributed by atoms with Crippen LogP contribution < -0.4 is 11.1 Å². The first-order valence-corrected chi connectivity index (χ1v) is 4.38. The smallest absolute Gasteiger partial charge is 0.404 e. The van der Waals surface area contributed by atoms with Crippen LogP contribution in [0.3, 0.4) is 0 Å². The number of nitrogens with one attached hydrogen (secondary N) is 1. The van der Waals surface area contributed by atoms with Crippen LogP contribution >= 0.6 is 0 Å². The SMILES string of the molecule is NC(=O)[C@@H]1CCC[C@@H](NC(=O)O)C1. The van der Waals surface area contributed by atoms with E-state index in [1.54, 1.807) is 0 Å². The van der Waals surface area contributed by atoms with E-state index in [4.69, 9.17) is 10.8 Å². The Morgan fingerprint density at radius 3 is 2.62 bits per heavy atom. The Balaban J connectivity index is 2.41. The van der Waals surface area contributed by atoms with E-state index >= 15 is 0 Å². The predicted molar refractivity (Wildman–Crippen MR) is 46.1 cm³/mol. The molecule has 13 heavy (non-hydrogen) atoms. The molecule has 0 aromatic carbocycles. The number of rotatable bonds is 2. The Labute approximate surface area is 76.3 Å². The largest absolute Gasteiger partial charge is 0.465 e. The third kappa shape index (κ3) is 2.93. The fourth-order valence-electron chi connectivity index (χ4n) is 1.75. The van der Waals surface area contributed by atoms with E-state index in [1.807, 2.05) is 0 Å². The predicted octanol–water partition coefficient (Wildman–Crippen LogP) is 0.298. The lowest BCUT2D eigenvalue weighted by Crippen LogP contribution is -2.40. The molecule has 0 radical (unpaired) electrons. The van der Waals surface area contributed by atoms with Crippen molar-refractivity contribution in [1.29, 1.82) is 0 Å². The number of carbonyl (C=O) groups is 2. The lowest BCUT2D eigenvalue weighted by atomic mass is 9.85. The van der Waals surface area contributed by atoms with Crippen molar-refractivity contribution in [3.63, 3.8) is 0 Å². The summed E-state index contributed by atoms with van der Waals surface area (Å²) in [6.45, 7) is 0. The van der Waals surface area contributed by atoms with Gasteiger partial charge in [0.05, 0.1) is 0 Å². The highest BCUT2D eigenvalue weighted by Gasteiger charge is 2.26. The molecule has 1 saturated carbocycles. The van der Waals surface area contributed by atoms with E-state index in [-0.39, 0.29) is 17.9 Å². The second-order valence-corrected chi connectivity index (χ2v) is 3.41. The number of nitrogens with two attached hydrogens (primary N) is 1. The van der Waals surface area contributed by atoms with Gasteiger partial charge >= 0.3 is 6.09 Å². The maximum atomic E-state index is 10.8. The van der Waals surface area contributed by atoms with Crippen molar-refractivity contribution >= 4 is 12.0 Å². The Kier molecular flexibility index (Phi) is 3.11. The maximum absolute atomic E-state index is 10.8. The molecule has 0 aliphatic heterocycles. The Hall–Kier alpha value is -1.26. The van der Waals surface area contributed by atoms with Crippen LogP contribution in [0.25, 0.3) is 0 Å². The normalized spacial score (nSPS) is 28.0. The molecule has 1 aliphatic rings. The molecule has 5 heteroatoms. The van der Waals surface area contributed by atoms with E-state index in [9.17, 15) is 9.59 Å². The van der Waals surface area contributed by atoms with Crippen LogP contribution in [-0.2, 0) is 4.79 Å². The van der Waals surface area contributed by atoms with E-state index in [1.165, 1.54) is 0 Å². The minimum Gasteiger partial charge on any atom is -0.465 e. The minimum atomic E-state index is -1.03.